The van der Waals surface area contributed by atoms with Gasteiger partial charge in [-0.3, -0.25) is 14.4 Å². The van der Waals surface area contributed by atoms with Crippen LogP contribution in [0.5, 0.6) is 5.75 Å². The molecular formula is C33H42N4O6. The molecule has 3 unspecified atom stereocenters. The first-order valence-electron chi connectivity index (χ1n) is 15.4. The van der Waals surface area contributed by atoms with Crippen molar-refractivity contribution in [3.63, 3.8) is 0 Å². The van der Waals surface area contributed by atoms with Gasteiger partial charge in [-0.25, -0.2) is 4.79 Å². The quantitative estimate of drug-likeness (QED) is 0.394. The van der Waals surface area contributed by atoms with Crippen molar-refractivity contribution >= 4 is 35.2 Å². The summed E-state index contributed by atoms with van der Waals surface area (Å²) in [5.74, 6) is -0.0242. The minimum Gasteiger partial charge on any atom is -0.495 e. The van der Waals surface area contributed by atoms with Gasteiger partial charge in [-0.2, -0.15) is 0 Å². The number of urea groups is 1. The zero-order valence-electron chi connectivity index (χ0n) is 25.0. The van der Waals surface area contributed by atoms with Crippen molar-refractivity contribution in [2.45, 2.75) is 76.8 Å². The molecule has 2 aliphatic heterocycles. The molecule has 3 aliphatic rings. The van der Waals surface area contributed by atoms with E-state index in [0.717, 1.165) is 36.8 Å². The third-order valence-electron chi connectivity index (χ3n) is 9.31. The zero-order valence-corrected chi connectivity index (χ0v) is 25.0. The van der Waals surface area contributed by atoms with E-state index in [0.29, 0.717) is 55.4 Å². The van der Waals surface area contributed by atoms with E-state index < -0.39 is 18.0 Å². The summed E-state index contributed by atoms with van der Waals surface area (Å²) in [6.45, 7) is 2.99. The Morgan fingerprint density at radius 1 is 0.953 bits per heavy atom. The van der Waals surface area contributed by atoms with E-state index in [4.69, 9.17) is 9.84 Å². The van der Waals surface area contributed by atoms with Crippen molar-refractivity contribution < 1.29 is 29.0 Å². The Morgan fingerprint density at radius 3 is 2.40 bits per heavy atom. The molecule has 0 spiro atoms. The number of methoxy groups -OCH3 is 1. The molecule has 2 saturated heterocycles. The molecule has 0 aromatic heterocycles. The highest BCUT2D eigenvalue weighted by atomic mass is 16.5. The van der Waals surface area contributed by atoms with Crippen LogP contribution in [0.3, 0.4) is 0 Å². The van der Waals surface area contributed by atoms with Gasteiger partial charge >= 0.3 is 12.0 Å². The van der Waals surface area contributed by atoms with E-state index >= 15 is 0 Å². The number of aryl methyl sites for hydroxylation is 1. The fourth-order valence-electron chi connectivity index (χ4n) is 7.06. The van der Waals surface area contributed by atoms with Crippen molar-refractivity contribution in [1.82, 2.24) is 9.80 Å². The van der Waals surface area contributed by atoms with Crippen LogP contribution in [0, 0.1) is 18.8 Å². The lowest BCUT2D eigenvalue weighted by molar-refractivity contribution is -0.146. The molecule has 3 fully saturated rings. The molecular weight excluding hydrogens is 548 g/mol. The summed E-state index contributed by atoms with van der Waals surface area (Å²) < 4.78 is 5.56. The Hall–Kier alpha value is -4.08. The standard InChI is InChI=1S/C33H42N4O6/c1-21-7-3-5-9-25(21)34-33(42)35-26-12-11-23(17-29(26)43-2)18-30(38)37-27-10-6-4-8-24(27)20-28(37)32(41)36-15-13-22(14-16-36)19-31(39)40/h3,5,7,9,11-12,17,22,24,27-28H,4,6,8,10,13-16,18-20H2,1-2H3,(H,39,40)(H2,34,35,42). The van der Waals surface area contributed by atoms with Crippen LogP contribution in [0.4, 0.5) is 16.2 Å². The van der Waals surface area contributed by atoms with Crippen molar-refractivity contribution in [3.8, 4) is 5.75 Å². The Labute approximate surface area is 252 Å². The Kier molecular flexibility index (Phi) is 9.52. The first-order valence-corrected chi connectivity index (χ1v) is 15.4. The number of piperidine rings is 1. The number of fused-ring (bicyclic) bond motifs is 1. The van der Waals surface area contributed by atoms with Gasteiger partial charge in [0.1, 0.15) is 11.8 Å². The van der Waals surface area contributed by atoms with Gasteiger partial charge in [0.2, 0.25) is 11.8 Å². The summed E-state index contributed by atoms with van der Waals surface area (Å²) in [6.07, 6.45) is 6.39. The van der Waals surface area contributed by atoms with Gasteiger partial charge < -0.3 is 30.3 Å². The highest BCUT2D eigenvalue weighted by Gasteiger charge is 2.48. The van der Waals surface area contributed by atoms with Gasteiger partial charge in [-0.05, 0) is 80.2 Å². The van der Waals surface area contributed by atoms with E-state index in [-0.39, 0.29) is 36.6 Å². The number of anilines is 2. The average molecular weight is 591 g/mol. The van der Waals surface area contributed by atoms with Gasteiger partial charge in [0.25, 0.3) is 0 Å². The summed E-state index contributed by atoms with van der Waals surface area (Å²) in [5, 5.41) is 14.8. The van der Waals surface area contributed by atoms with Gasteiger partial charge in [-0.15, -0.1) is 0 Å². The Balaban J connectivity index is 1.26. The second-order valence-electron chi connectivity index (χ2n) is 12.1. The zero-order chi connectivity index (χ0) is 30.5. The van der Waals surface area contributed by atoms with Crippen LogP contribution in [-0.2, 0) is 20.8 Å². The second kappa shape index (κ2) is 13.5. The molecule has 2 aromatic rings. The van der Waals surface area contributed by atoms with Gasteiger partial charge in [0.15, 0.2) is 0 Å². The summed E-state index contributed by atoms with van der Waals surface area (Å²) >= 11 is 0. The van der Waals surface area contributed by atoms with Gasteiger partial charge in [-0.1, -0.05) is 37.1 Å². The highest BCUT2D eigenvalue weighted by molar-refractivity contribution is 6.01. The Bertz CT molecular complexity index is 1350. The molecule has 230 valence electrons. The lowest BCUT2D eigenvalue weighted by atomic mass is 9.84. The van der Waals surface area contributed by atoms with Crippen molar-refractivity contribution in [1.29, 1.82) is 0 Å². The molecule has 43 heavy (non-hydrogen) atoms. The van der Waals surface area contributed by atoms with Crippen LogP contribution in [0.25, 0.3) is 0 Å². The van der Waals surface area contributed by atoms with Crippen LogP contribution >= 0.6 is 0 Å². The second-order valence-corrected chi connectivity index (χ2v) is 12.1. The Morgan fingerprint density at radius 2 is 1.67 bits per heavy atom. The fourth-order valence-corrected chi connectivity index (χ4v) is 7.06. The number of nitrogens with zero attached hydrogens (tertiary/aromatic N) is 2. The lowest BCUT2D eigenvalue weighted by Gasteiger charge is -2.37. The van der Waals surface area contributed by atoms with Crippen LogP contribution in [-0.4, -0.2) is 71.0 Å². The van der Waals surface area contributed by atoms with Crippen molar-refractivity contribution in [2.75, 3.05) is 30.8 Å². The van der Waals surface area contributed by atoms with E-state index in [2.05, 4.69) is 10.6 Å². The SMILES string of the molecule is COc1cc(CC(=O)N2C(C(=O)N3CCC(CC(=O)O)CC3)CC3CCCCC32)ccc1NC(=O)Nc1ccccc1C. The number of benzene rings is 2. The fraction of sp³-hybridized carbons (Fsp3) is 0.515. The topological polar surface area (TPSA) is 128 Å². The maximum absolute atomic E-state index is 13.9. The number of para-hydroxylation sites is 1. The molecule has 4 amide bonds. The third-order valence-corrected chi connectivity index (χ3v) is 9.31. The number of rotatable bonds is 8. The first-order chi connectivity index (χ1) is 20.7. The predicted octanol–water partition coefficient (Wildman–Crippen LogP) is 5.06. The predicted molar refractivity (Wildman–Crippen MR) is 163 cm³/mol. The molecule has 2 heterocycles. The summed E-state index contributed by atoms with van der Waals surface area (Å²) in [6, 6.07) is 12.0. The molecule has 1 aliphatic carbocycles. The molecule has 10 nitrogen and oxygen atoms in total. The van der Waals surface area contributed by atoms with Crippen LogP contribution in [0.2, 0.25) is 0 Å². The van der Waals surface area contributed by atoms with Crippen LogP contribution in [0.15, 0.2) is 42.5 Å². The molecule has 5 rings (SSSR count). The molecule has 0 radical (unpaired) electrons. The minimum atomic E-state index is -0.799. The summed E-state index contributed by atoms with van der Waals surface area (Å²) in [5.41, 5.74) is 2.88. The number of carbonyl (C=O) groups is 4. The van der Waals surface area contributed by atoms with Gasteiger partial charge in [0, 0.05) is 31.2 Å². The maximum atomic E-state index is 13.9. The lowest BCUT2D eigenvalue weighted by Crippen LogP contribution is -2.52. The third kappa shape index (κ3) is 7.12. The van der Waals surface area contributed by atoms with E-state index in [1.807, 2.05) is 47.1 Å². The van der Waals surface area contributed by atoms with Gasteiger partial charge in [0.05, 0.1) is 19.2 Å². The number of amides is 4. The molecule has 2 aromatic carbocycles. The molecule has 10 heteroatoms. The van der Waals surface area contributed by atoms with E-state index in [1.54, 1.807) is 12.1 Å². The van der Waals surface area contributed by atoms with Crippen molar-refractivity contribution in [2.24, 2.45) is 11.8 Å². The van der Waals surface area contributed by atoms with E-state index in [9.17, 15) is 19.2 Å². The molecule has 3 atom stereocenters. The normalized spacial score (nSPS) is 22.0. The number of aliphatic carboxylic acids is 1. The van der Waals surface area contributed by atoms with Crippen LogP contribution < -0.4 is 15.4 Å². The smallest absolute Gasteiger partial charge is 0.323 e. The number of hydrogen-bond donors (Lipinski definition) is 3. The molecule has 3 N–H and O–H groups in total. The number of carboxylic acid groups (broad SMARTS) is 1. The number of carbonyl (C=O) groups excluding carboxylic acids is 3. The molecule has 1 saturated carbocycles. The maximum Gasteiger partial charge on any atom is 0.323 e. The number of hydrogen-bond acceptors (Lipinski definition) is 5. The monoisotopic (exact) mass is 590 g/mol. The number of likely N-dealkylation sites (tertiary alicyclic amines) is 2. The number of nitrogens with one attached hydrogen (secondary N) is 2. The summed E-state index contributed by atoms with van der Waals surface area (Å²) in [7, 11) is 1.52. The first kappa shape index (κ1) is 30.4. The molecule has 0 bridgehead atoms. The number of ether oxygens (including phenoxy) is 1. The highest BCUT2D eigenvalue weighted by Crippen LogP contribution is 2.41. The number of carboxylic acids is 1. The summed E-state index contributed by atoms with van der Waals surface area (Å²) in [4.78, 5) is 55.2. The van der Waals surface area contributed by atoms with Crippen molar-refractivity contribution in [3.05, 3.63) is 53.6 Å². The van der Waals surface area contributed by atoms with E-state index in [1.165, 1.54) is 7.11 Å². The average Bonchev–Trinajstić information content (AvgIpc) is 3.39. The largest absolute Gasteiger partial charge is 0.495 e. The minimum absolute atomic E-state index is 0.00619. The van der Waals surface area contributed by atoms with Crippen LogP contribution in [0.1, 0.15) is 62.5 Å².